The molecule has 0 aliphatic rings. The van der Waals surface area contributed by atoms with Gasteiger partial charge in [0.25, 0.3) is 0 Å². The smallest absolute Gasteiger partial charge is 0.192 e. The molecule has 0 bridgehead atoms. The zero-order chi connectivity index (χ0) is 23.0. The zero-order valence-corrected chi connectivity index (χ0v) is 24.7. The highest BCUT2D eigenvalue weighted by molar-refractivity contribution is 14.1. The lowest BCUT2D eigenvalue weighted by Crippen LogP contribution is -2.40. The maximum absolute atomic E-state index is 9.31. The van der Waals surface area contributed by atoms with Crippen LogP contribution in [0.5, 0.6) is 0 Å². The number of aliphatic hydroxyl groups excluding tert-OH is 1. The molecule has 0 saturated heterocycles. The minimum absolute atomic E-state index is 0.147. The van der Waals surface area contributed by atoms with E-state index in [2.05, 4.69) is 108 Å². The third-order valence-electron chi connectivity index (χ3n) is 5.91. The lowest BCUT2D eigenvalue weighted by Gasteiger charge is -2.32. The van der Waals surface area contributed by atoms with Gasteiger partial charge in [0.05, 0.1) is 12.2 Å². The molecule has 0 saturated carbocycles. The van der Waals surface area contributed by atoms with E-state index in [0.29, 0.717) is 6.10 Å². The summed E-state index contributed by atoms with van der Waals surface area (Å²) in [7, 11) is -1.44. The molecule has 0 radical (unpaired) electrons. The lowest BCUT2D eigenvalue weighted by molar-refractivity contribution is 0.192. The molecule has 0 amide bonds. The number of rotatable bonds is 13. The van der Waals surface area contributed by atoms with Crippen molar-refractivity contribution in [3.05, 3.63) is 71.8 Å². The summed E-state index contributed by atoms with van der Waals surface area (Å²) in [4.78, 5) is 0. The molecule has 0 spiro atoms. The Morgan fingerprint density at radius 2 is 1.19 bits per heavy atom. The average Bonchev–Trinajstić information content (AvgIpc) is 2.85. The van der Waals surface area contributed by atoms with Gasteiger partial charge in [-0.25, -0.2) is 0 Å². The number of aliphatic hydroxyl groups is 1. The molecule has 1 N–H and O–H groups in total. The number of aryl methyl sites for hydroxylation is 2. The third kappa shape index (κ3) is 12.2. The summed E-state index contributed by atoms with van der Waals surface area (Å²) in [6.45, 7) is 6.92. The van der Waals surface area contributed by atoms with Gasteiger partial charge in [0, 0.05) is 8.86 Å². The Morgan fingerprint density at radius 3 is 1.58 bits per heavy atom. The topological polar surface area (TPSA) is 29.5 Å². The van der Waals surface area contributed by atoms with Crippen molar-refractivity contribution < 1.29 is 9.53 Å². The van der Waals surface area contributed by atoms with Crippen molar-refractivity contribution in [3.8, 4) is 0 Å². The van der Waals surface area contributed by atoms with E-state index >= 15 is 0 Å². The highest BCUT2D eigenvalue weighted by Crippen LogP contribution is 2.25. The third-order valence-corrected chi connectivity index (χ3v) is 12.6. The number of alkyl halides is 2. The average molecular weight is 666 g/mol. The van der Waals surface area contributed by atoms with Crippen LogP contribution in [0.1, 0.15) is 44.7 Å². The summed E-state index contributed by atoms with van der Waals surface area (Å²) in [5, 5.41) is 9.31. The van der Waals surface area contributed by atoms with Crippen molar-refractivity contribution in [1.82, 2.24) is 0 Å². The Morgan fingerprint density at radius 1 is 0.742 bits per heavy atom. The van der Waals surface area contributed by atoms with E-state index in [0.717, 1.165) is 34.5 Å². The molecule has 0 aliphatic heterocycles. The fraction of sp³-hybridized carbons (Fsp3) is 0.538. The van der Waals surface area contributed by atoms with Gasteiger partial charge in [0.2, 0.25) is 0 Å². The number of benzene rings is 2. The first-order chi connectivity index (χ1) is 15.0. The molecule has 2 nitrogen and oxygen atoms in total. The molecule has 0 aromatic heterocycles. The molecule has 2 aromatic carbocycles. The van der Waals surface area contributed by atoms with Crippen molar-refractivity contribution in [2.75, 3.05) is 8.86 Å². The van der Waals surface area contributed by atoms with E-state index < -0.39 is 8.32 Å². The van der Waals surface area contributed by atoms with Gasteiger partial charge in [-0.2, -0.15) is 0 Å². The van der Waals surface area contributed by atoms with Crippen LogP contribution in [-0.4, -0.2) is 34.5 Å². The van der Waals surface area contributed by atoms with Crippen LogP contribution in [0.3, 0.4) is 0 Å². The van der Waals surface area contributed by atoms with Gasteiger partial charge in [-0.15, -0.1) is 0 Å². The Hall–Kier alpha value is 0.0369. The van der Waals surface area contributed by atoms with Gasteiger partial charge in [-0.05, 0) is 54.9 Å². The molecular weight excluding hydrogens is 626 g/mol. The molecule has 0 unspecified atom stereocenters. The van der Waals surface area contributed by atoms with Gasteiger partial charge < -0.3 is 9.53 Å². The van der Waals surface area contributed by atoms with Gasteiger partial charge >= 0.3 is 0 Å². The van der Waals surface area contributed by atoms with E-state index in [9.17, 15) is 5.11 Å². The minimum atomic E-state index is -1.44. The van der Waals surface area contributed by atoms with Crippen molar-refractivity contribution in [2.45, 2.75) is 76.8 Å². The molecule has 0 aliphatic carbocycles. The zero-order valence-electron chi connectivity index (χ0n) is 19.4. The monoisotopic (exact) mass is 666 g/mol. The standard InChI is InChI=1S/C16H27IOSi.C10H13IO/c1-4-19(5-2,6-3)18-16(14-17)13-12-15-10-8-7-9-11-15;11-8-10(12)7-6-9-4-2-1-3-5-9/h7-11,16H,4-6,12-14H2,1-3H3;1-5,10,12H,6-8H2/t16-;10-/m00/s1. The van der Waals surface area contributed by atoms with Gasteiger partial charge in [-0.3, -0.25) is 0 Å². The highest BCUT2D eigenvalue weighted by Gasteiger charge is 2.31. The number of halogens is 2. The second-order valence-electron chi connectivity index (χ2n) is 7.99. The first-order valence-corrected chi connectivity index (χ1v) is 17.2. The van der Waals surface area contributed by atoms with Crippen molar-refractivity contribution in [2.24, 2.45) is 0 Å². The predicted molar refractivity (Wildman–Crippen MR) is 155 cm³/mol. The van der Waals surface area contributed by atoms with Crippen LogP contribution in [0.15, 0.2) is 60.7 Å². The van der Waals surface area contributed by atoms with Crippen molar-refractivity contribution in [1.29, 1.82) is 0 Å². The quantitative estimate of drug-likeness (QED) is 0.134. The summed E-state index contributed by atoms with van der Waals surface area (Å²) < 4.78 is 8.52. The second-order valence-corrected chi connectivity index (χ2v) is 14.5. The molecular formula is C26H40I2O2Si. The van der Waals surface area contributed by atoms with Gasteiger partial charge in [-0.1, -0.05) is 127 Å². The largest absolute Gasteiger partial charge is 0.413 e. The summed E-state index contributed by atoms with van der Waals surface area (Å²) >= 11 is 4.68. The number of hydrogen-bond donors (Lipinski definition) is 1. The van der Waals surface area contributed by atoms with E-state index in [1.54, 1.807) is 0 Å². The fourth-order valence-corrected chi connectivity index (χ4v) is 7.86. The van der Waals surface area contributed by atoms with Crippen LogP contribution in [-0.2, 0) is 17.3 Å². The van der Waals surface area contributed by atoms with E-state index in [4.69, 9.17) is 4.43 Å². The Labute approximate surface area is 219 Å². The molecule has 2 atom stereocenters. The van der Waals surface area contributed by atoms with E-state index in [1.165, 1.54) is 29.3 Å². The maximum Gasteiger partial charge on any atom is 0.192 e. The Kier molecular flexibility index (Phi) is 16.4. The summed E-state index contributed by atoms with van der Waals surface area (Å²) in [6.07, 6.45) is 4.42. The molecule has 174 valence electrons. The first-order valence-electron chi connectivity index (χ1n) is 11.6. The Bertz CT molecular complexity index is 657. The summed E-state index contributed by atoms with van der Waals surface area (Å²) in [5.74, 6) is 0. The molecule has 0 fully saturated rings. The van der Waals surface area contributed by atoms with Crippen LogP contribution in [0.4, 0.5) is 0 Å². The van der Waals surface area contributed by atoms with E-state index in [1.807, 2.05) is 18.2 Å². The minimum Gasteiger partial charge on any atom is -0.413 e. The van der Waals surface area contributed by atoms with E-state index in [-0.39, 0.29) is 6.10 Å². The van der Waals surface area contributed by atoms with Gasteiger partial charge in [0.1, 0.15) is 0 Å². The summed E-state index contributed by atoms with van der Waals surface area (Å²) in [6, 6.07) is 24.8. The molecule has 5 heteroatoms. The van der Waals surface area contributed by atoms with Crippen LogP contribution < -0.4 is 0 Å². The second kappa shape index (κ2) is 17.5. The Balaban J connectivity index is 0.000000343. The number of hydrogen-bond acceptors (Lipinski definition) is 2. The SMILES string of the molecule is CC[Si](CC)(CC)O[C@H](CI)CCc1ccccc1.O[C@H](CI)CCc1ccccc1. The highest BCUT2D eigenvalue weighted by atomic mass is 127. The molecule has 0 heterocycles. The normalized spacial score (nSPS) is 13.2. The van der Waals surface area contributed by atoms with Crippen LogP contribution in [0, 0.1) is 0 Å². The molecule has 2 aromatic rings. The first kappa shape index (κ1) is 29.1. The van der Waals surface area contributed by atoms with Crippen molar-refractivity contribution in [3.63, 3.8) is 0 Å². The maximum atomic E-state index is 9.31. The van der Waals surface area contributed by atoms with Crippen LogP contribution >= 0.6 is 45.2 Å². The van der Waals surface area contributed by atoms with Crippen LogP contribution in [0.2, 0.25) is 18.1 Å². The molecule has 31 heavy (non-hydrogen) atoms. The molecule has 2 rings (SSSR count). The van der Waals surface area contributed by atoms with Gasteiger partial charge in [0.15, 0.2) is 8.32 Å². The van der Waals surface area contributed by atoms with Crippen LogP contribution in [0.25, 0.3) is 0 Å². The fourth-order valence-electron chi connectivity index (χ4n) is 3.55. The predicted octanol–water partition coefficient (Wildman–Crippen LogP) is 7.86. The summed E-state index contributed by atoms with van der Waals surface area (Å²) in [5.41, 5.74) is 2.74. The van der Waals surface area contributed by atoms with Crippen molar-refractivity contribution >= 4 is 53.5 Å². The lowest BCUT2D eigenvalue weighted by atomic mass is 10.1.